The number of halogens is 1. The van der Waals surface area contributed by atoms with Gasteiger partial charge < -0.3 is 10.6 Å². The fourth-order valence-corrected chi connectivity index (χ4v) is 1.63. The van der Waals surface area contributed by atoms with Crippen LogP contribution in [0.2, 0.25) is 0 Å². The first-order valence-electron chi connectivity index (χ1n) is 4.98. The molecule has 2 rings (SSSR count). The van der Waals surface area contributed by atoms with Gasteiger partial charge in [0.05, 0.1) is 0 Å². The minimum Gasteiger partial charge on any atom is -0.314 e. The Morgan fingerprint density at radius 3 is 2.86 bits per heavy atom. The van der Waals surface area contributed by atoms with Gasteiger partial charge in [0.15, 0.2) is 0 Å². The summed E-state index contributed by atoms with van der Waals surface area (Å²) in [4.78, 5) is 0. The van der Waals surface area contributed by atoms with E-state index < -0.39 is 0 Å². The molecular formula is C11H15FN2. The highest BCUT2D eigenvalue weighted by Crippen LogP contribution is 2.14. The smallest absolute Gasteiger partial charge is 0.123 e. The van der Waals surface area contributed by atoms with E-state index in [2.05, 4.69) is 17.6 Å². The van der Waals surface area contributed by atoms with Gasteiger partial charge in [0.2, 0.25) is 0 Å². The lowest BCUT2D eigenvalue weighted by atomic mass is 10.1. The van der Waals surface area contributed by atoms with Gasteiger partial charge in [-0.3, -0.25) is 0 Å². The van der Waals surface area contributed by atoms with Crippen molar-refractivity contribution >= 4 is 0 Å². The normalized spacial score (nSPS) is 19.0. The van der Waals surface area contributed by atoms with Gasteiger partial charge in [0, 0.05) is 25.2 Å². The van der Waals surface area contributed by atoms with Gasteiger partial charge in [-0.15, -0.1) is 0 Å². The molecule has 2 nitrogen and oxygen atoms in total. The zero-order chi connectivity index (χ0) is 9.97. The third-order valence-electron chi connectivity index (χ3n) is 2.62. The van der Waals surface area contributed by atoms with Crippen molar-refractivity contribution in [1.82, 2.24) is 10.6 Å². The fraction of sp³-hybridized carbons (Fsp3) is 0.455. The van der Waals surface area contributed by atoms with Gasteiger partial charge in [0.1, 0.15) is 5.82 Å². The van der Waals surface area contributed by atoms with Crippen molar-refractivity contribution in [3.8, 4) is 0 Å². The second-order valence-electron chi connectivity index (χ2n) is 3.80. The minimum atomic E-state index is -0.164. The monoisotopic (exact) mass is 194 g/mol. The molecule has 0 amide bonds. The average molecular weight is 194 g/mol. The van der Waals surface area contributed by atoms with Crippen molar-refractivity contribution in [3.05, 3.63) is 35.6 Å². The first kappa shape index (κ1) is 9.62. The van der Waals surface area contributed by atoms with Crippen LogP contribution in [0.5, 0.6) is 0 Å². The molecule has 14 heavy (non-hydrogen) atoms. The molecule has 1 aromatic carbocycles. The Kier molecular flexibility index (Phi) is 2.79. The maximum absolute atomic E-state index is 12.9. The lowest BCUT2D eigenvalue weighted by molar-refractivity contribution is 0.338. The first-order chi connectivity index (χ1) is 6.75. The third kappa shape index (κ3) is 2.11. The molecule has 3 heteroatoms. The van der Waals surface area contributed by atoms with Crippen molar-refractivity contribution in [2.75, 3.05) is 13.1 Å². The molecule has 1 saturated heterocycles. The minimum absolute atomic E-state index is 0.164. The second kappa shape index (κ2) is 4.07. The van der Waals surface area contributed by atoms with Gasteiger partial charge in [-0.2, -0.15) is 0 Å². The summed E-state index contributed by atoms with van der Waals surface area (Å²) in [6.07, 6.45) is 0. The molecule has 1 fully saturated rings. The van der Waals surface area contributed by atoms with Crippen LogP contribution in [0.3, 0.4) is 0 Å². The summed E-state index contributed by atoms with van der Waals surface area (Å²) < 4.78 is 12.9. The van der Waals surface area contributed by atoms with E-state index in [1.54, 1.807) is 12.1 Å². The van der Waals surface area contributed by atoms with E-state index in [0.717, 1.165) is 18.7 Å². The van der Waals surface area contributed by atoms with Crippen LogP contribution in [0.4, 0.5) is 4.39 Å². The predicted molar refractivity (Wildman–Crippen MR) is 54.6 cm³/mol. The van der Waals surface area contributed by atoms with Gasteiger partial charge in [-0.1, -0.05) is 12.1 Å². The summed E-state index contributed by atoms with van der Waals surface area (Å²) >= 11 is 0. The molecule has 1 atom stereocenters. The van der Waals surface area contributed by atoms with Crippen LogP contribution in [0, 0.1) is 5.82 Å². The SMILES string of the molecule is C[C@H](NC1CNC1)c1cccc(F)c1. The van der Waals surface area contributed by atoms with Gasteiger partial charge in [0.25, 0.3) is 0 Å². The topological polar surface area (TPSA) is 24.1 Å². The van der Waals surface area contributed by atoms with Crippen LogP contribution in [-0.4, -0.2) is 19.1 Å². The highest BCUT2D eigenvalue weighted by atomic mass is 19.1. The summed E-state index contributed by atoms with van der Waals surface area (Å²) in [5, 5.41) is 6.62. The number of hydrogen-bond donors (Lipinski definition) is 2. The molecule has 1 aliphatic rings. The lowest BCUT2D eigenvalue weighted by Crippen LogP contribution is -2.55. The Morgan fingerprint density at radius 2 is 2.29 bits per heavy atom. The van der Waals surface area contributed by atoms with Gasteiger partial charge in [-0.25, -0.2) is 4.39 Å². The number of nitrogens with one attached hydrogen (secondary N) is 2. The highest BCUT2D eigenvalue weighted by Gasteiger charge is 2.18. The molecule has 1 aliphatic heterocycles. The summed E-state index contributed by atoms with van der Waals surface area (Å²) in [7, 11) is 0. The predicted octanol–water partition coefficient (Wildman–Crippen LogP) is 1.45. The van der Waals surface area contributed by atoms with Crippen molar-refractivity contribution in [1.29, 1.82) is 0 Å². The first-order valence-corrected chi connectivity index (χ1v) is 4.98. The molecule has 0 aliphatic carbocycles. The molecular weight excluding hydrogens is 179 g/mol. The van der Waals surface area contributed by atoms with E-state index >= 15 is 0 Å². The Bertz CT molecular complexity index is 310. The Morgan fingerprint density at radius 1 is 1.50 bits per heavy atom. The highest BCUT2D eigenvalue weighted by molar-refractivity contribution is 5.19. The van der Waals surface area contributed by atoms with Gasteiger partial charge >= 0.3 is 0 Å². The van der Waals surface area contributed by atoms with Crippen LogP contribution in [0.1, 0.15) is 18.5 Å². The molecule has 0 radical (unpaired) electrons. The zero-order valence-corrected chi connectivity index (χ0v) is 8.26. The van der Waals surface area contributed by atoms with Crippen LogP contribution < -0.4 is 10.6 Å². The van der Waals surface area contributed by atoms with Gasteiger partial charge in [-0.05, 0) is 24.6 Å². The maximum atomic E-state index is 12.9. The van der Waals surface area contributed by atoms with E-state index in [4.69, 9.17) is 0 Å². The second-order valence-corrected chi connectivity index (χ2v) is 3.80. The zero-order valence-electron chi connectivity index (χ0n) is 8.26. The summed E-state index contributed by atoms with van der Waals surface area (Å²) in [5.74, 6) is -0.164. The number of rotatable bonds is 3. The quantitative estimate of drug-likeness (QED) is 0.761. The Hall–Kier alpha value is -0.930. The number of hydrogen-bond acceptors (Lipinski definition) is 2. The lowest BCUT2D eigenvalue weighted by Gasteiger charge is -2.31. The van der Waals surface area contributed by atoms with Crippen molar-refractivity contribution < 1.29 is 4.39 Å². The summed E-state index contributed by atoms with van der Waals surface area (Å²) in [6.45, 7) is 4.09. The van der Waals surface area contributed by atoms with E-state index in [9.17, 15) is 4.39 Å². The average Bonchev–Trinajstić information content (AvgIpc) is 2.11. The third-order valence-corrected chi connectivity index (χ3v) is 2.62. The Labute approximate surface area is 83.5 Å². The molecule has 0 bridgehead atoms. The van der Waals surface area contributed by atoms with Crippen LogP contribution in [0.25, 0.3) is 0 Å². The Balaban J connectivity index is 1.98. The standard InChI is InChI=1S/C11H15FN2/c1-8(14-11-6-13-7-11)9-3-2-4-10(12)5-9/h2-5,8,11,13-14H,6-7H2,1H3/t8-/m0/s1. The van der Waals surface area contributed by atoms with E-state index in [1.165, 1.54) is 6.07 Å². The van der Waals surface area contributed by atoms with E-state index in [1.807, 2.05) is 6.07 Å². The molecule has 76 valence electrons. The fourth-order valence-electron chi connectivity index (χ4n) is 1.63. The van der Waals surface area contributed by atoms with Crippen LogP contribution in [-0.2, 0) is 0 Å². The van der Waals surface area contributed by atoms with Crippen molar-refractivity contribution in [2.24, 2.45) is 0 Å². The maximum Gasteiger partial charge on any atom is 0.123 e. The molecule has 0 saturated carbocycles. The number of benzene rings is 1. The van der Waals surface area contributed by atoms with Crippen molar-refractivity contribution in [2.45, 2.75) is 19.0 Å². The molecule has 0 spiro atoms. The summed E-state index contributed by atoms with van der Waals surface area (Å²) in [5.41, 5.74) is 1.01. The molecule has 0 aromatic heterocycles. The van der Waals surface area contributed by atoms with Crippen molar-refractivity contribution in [3.63, 3.8) is 0 Å². The van der Waals surface area contributed by atoms with Crippen LogP contribution in [0.15, 0.2) is 24.3 Å². The van der Waals surface area contributed by atoms with E-state index in [-0.39, 0.29) is 11.9 Å². The van der Waals surface area contributed by atoms with Crippen LogP contribution >= 0.6 is 0 Å². The molecule has 1 heterocycles. The molecule has 0 unspecified atom stereocenters. The largest absolute Gasteiger partial charge is 0.314 e. The summed E-state index contributed by atoms with van der Waals surface area (Å²) in [6, 6.07) is 7.52. The molecule has 1 aromatic rings. The molecule has 2 N–H and O–H groups in total. The van der Waals surface area contributed by atoms with E-state index in [0.29, 0.717) is 6.04 Å².